The van der Waals surface area contributed by atoms with Gasteiger partial charge in [-0.15, -0.1) is 0 Å². The standard InChI is InChI=1S/C16H14BrNO6/c1-8-6-18-10(13(19)11-5-9(17)7-23-11)3-4-12(18)16(8,2)14(20)24-15(21)22/h3-5,7-8H,6H2,1-2H3,(H,21,22). The fourth-order valence-electron chi connectivity index (χ4n) is 3.07. The van der Waals surface area contributed by atoms with Crippen LogP contribution in [0.25, 0.3) is 0 Å². The molecule has 0 amide bonds. The Hall–Kier alpha value is -2.35. The third-order valence-electron chi connectivity index (χ3n) is 4.58. The summed E-state index contributed by atoms with van der Waals surface area (Å²) >= 11 is 3.23. The molecule has 7 nitrogen and oxygen atoms in total. The van der Waals surface area contributed by atoms with Crippen molar-refractivity contribution in [2.24, 2.45) is 5.92 Å². The number of hydrogen-bond acceptors (Lipinski definition) is 5. The third kappa shape index (κ3) is 2.37. The molecule has 0 fully saturated rings. The number of carboxylic acid groups (broad SMARTS) is 1. The molecule has 24 heavy (non-hydrogen) atoms. The lowest BCUT2D eigenvalue weighted by Gasteiger charge is -2.24. The van der Waals surface area contributed by atoms with Gasteiger partial charge in [0.05, 0.1) is 10.2 Å². The topological polar surface area (TPSA) is 98.7 Å². The van der Waals surface area contributed by atoms with Crippen LogP contribution in [0.15, 0.2) is 33.4 Å². The van der Waals surface area contributed by atoms with Crippen LogP contribution in [0.3, 0.4) is 0 Å². The summed E-state index contributed by atoms with van der Waals surface area (Å²) in [5.74, 6) is -1.21. The predicted molar refractivity (Wildman–Crippen MR) is 84.9 cm³/mol. The van der Waals surface area contributed by atoms with E-state index in [0.29, 0.717) is 22.4 Å². The van der Waals surface area contributed by atoms with Crippen molar-refractivity contribution in [2.75, 3.05) is 0 Å². The summed E-state index contributed by atoms with van der Waals surface area (Å²) in [4.78, 5) is 35.6. The van der Waals surface area contributed by atoms with E-state index in [4.69, 9.17) is 9.52 Å². The Morgan fingerprint density at radius 1 is 1.42 bits per heavy atom. The summed E-state index contributed by atoms with van der Waals surface area (Å²) in [7, 11) is 0. The zero-order valence-electron chi connectivity index (χ0n) is 12.9. The fourth-order valence-corrected chi connectivity index (χ4v) is 3.38. The fraction of sp³-hybridized carbons (Fsp3) is 0.312. The summed E-state index contributed by atoms with van der Waals surface area (Å²) in [6.45, 7) is 3.84. The van der Waals surface area contributed by atoms with Gasteiger partial charge in [0.15, 0.2) is 5.76 Å². The normalized spacial score (nSPS) is 22.2. The second-order valence-electron chi connectivity index (χ2n) is 5.93. The lowest BCUT2D eigenvalue weighted by molar-refractivity contribution is -0.146. The summed E-state index contributed by atoms with van der Waals surface area (Å²) in [6, 6.07) is 4.82. The van der Waals surface area contributed by atoms with Gasteiger partial charge in [0.2, 0.25) is 5.78 Å². The van der Waals surface area contributed by atoms with Crippen molar-refractivity contribution in [1.29, 1.82) is 0 Å². The summed E-state index contributed by atoms with van der Waals surface area (Å²) < 4.78 is 12.0. The van der Waals surface area contributed by atoms with Crippen LogP contribution in [-0.4, -0.2) is 27.6 Å². The molecule has 3 heterocycles. The zero-order valence-corrected chi connectivity index (χ0v) is 14.5. The Morgan fingerprint density at radius 2 is 2.12 bits per heavy atom. The molecule has 1 aliphatic heterocycles. The van der Waals surface area contributed by atoms with Gasteiger partial charge in [-0.1, -0.05) is 6.92 Å². The number of nitrogens with zero attached hydrogens (tertiary/aromatic N) is 1. The second kappa shape index (κ2) is 5.62. The molecule has 126 valence electrons. The van der Waals surface area contributed by atoms with Crippen molar-refractivity contribution in [1.82, 2.24) is 4.57 Å². The van der Waals surface area contributed by atoms with Crippen LogP contribution in [0.5, 0.6) is 0 Å². The first-order valence-corrected chi connectivity index (χ1v) is 7.98. The van der Waals surface area contributed by atoms with Crippen LogP contribution in [0, 0.1) is 5.92 Å². The summed E-state index contributed by atoms with van der Waals surface area (Å²) in [5, 5.41) is 8.72. The van der Waals surface area contributed by atoms with E-state index in [-0.39, 0.29) is 17.5 Å². The van der Waals surface area contributed by atoms with Crippen LogP contribution in [-0.2, 0) is 21.5 Å². The third-order valence-corrected chi connectivity index (χ3v) is 5.00. The van der Waals surface area contributed by atoms with E-state index in [0.717, 1.165) is 0 Å². The Bertz CT molecular complexity index is 851. The number of ether oxygens (including phenoxy) is 1. The molecule has 1 aliphatic rings. The zero-order chi connectivity index (χ0) is 17.6. The molecule has 3 rings (SSSR count). The molecule has 2 aromatic rings. The maximum absolute atomic E-state index is 12.6. The molecule has 2 unspecified atom stereocenters. The Labute approximate surface area is 145 Å². The van der Waals surface area contributed by atoms with Gasteiger partial charge in [-0.3, -0.25) is 9.59 Å². The van der Waals surface area contributed by atoms with Gasteiger partial charge in [-0.05, 0) is 40.9 Å². The largest absolute Gasteiger partial charge is 0.513 e. The SMILES string of the molecule is CC1Cn2c(C(=O)c3cc(Br)co3)ccc2C1(C)C(=O)OC(=O)O. The number of esters is 1. The first kappa shape index (κ1) is 16.5. The second-order valence-corrected chi connectivity index (χ2v) is 6.85. The van der Waals surface area contributed by atoms with E-state index in [1.165, 1.54) is 6.26 Å². The van der Waals surface area contributed by atoms with Crippen LogP contribution in [0.4, 0.5) is 4.79 Å². The quantitative estimate of drug-likeness (QED) is 0.486. The van der Waals surface area contributed by atoms with E-state index >= 15 is 0 Å². The van der Waals surface area contributed by atoms with Gasteiger partial charge in [-0.2, -0.15) is 0 Å². The molecule has 0 saturated heterocycles. The molecular weight excluding hydrogens is 382 g/mol. The molecule has 0 aliphatic carbocycles. The molecular formula is C16H14BrNO6. The first-order chi connectivity index (χ1) is 11.2. The van der Waals surface area contributed by atoms with E-state index in [1.54, 1.807) is 29.7 Å². The molecule has 2 aromatic heterocycles. The van der Waals surface area contributed by atoms with Crippen molar-refractivity contribution in [3.63, 3.8) is 0 Å². The van der Waals surface area contributed by atoms with Gasteiger partial charge < -0.3 is 18.8 Å². The highest BCUT2D eigenvalue weighted by molar-refractivity contribution is 9.10. The van der Waals surface area contributed by atoms with Gasteiger partial charge in [0.1, 0.15) is 11.7 Å². The van der Waals surface area contributed by atoms with Crippen molar-refractivity contribution < 1.29 is 28.6 Å². The van der Waals surface area contributed by atoms with Gasteiger partial charge in [0, 0.05) is 18.3 Å². The Kier molecular flexibility index (Phi) is 3.87. The van der Waals surface area contributed by atoms with Crippen LogP contribution in [0.1, 0.15) is 35.8 Å². The maximum Gasteiger partial charge on any atom is 0.513 e. The minimum atomic E-state index is -1.64. The van der Waals surface area contributed by atoms with Crippen LogP contribution in [0.2, 0.25) is 0 Å². The number of aromatic nitrogens is 1. The number of carbonyl (C=O) groups excluding carboxylic acids is 2. The highest BCUT2D eigenvalue weighted by Gasteiger charge is 2.50. The number of halogens is 1. The molecule has 0 radical (unpaired) electrons. The average Bonchev–Trinajstić information content (AvgIpc) is 3.16. The monoisotopic (exact) mass is 395 g/mol. The number of fused-ring (bicyclic) bond motifs is 1. The average molecular weight is 396 g/mol. The Balaban J connectivity index is 2.01. The molecule has 1 N–H and O–H groups in total. The highest BCUT2D eigenvalue weighted by Crippen LogP contribution is 2.42. The van der Waals surface area contributed by atoms with Gasteiger partial charge >= 0.3 is 12.1 Å². The minimum absolute atomic E-state index is 0.178. The van der Waals surface area contributed by atoms with Crippen molar-refractivity contribution in [3.05, 3.63) is 46.1 Å². The van der Waals surface area contributed by atoms with Crippen molar-refractivity contribution in [2.45, 2.75) is 25.8 Å². The molecule has 2 atom stereocenters. The summed E-state index contributed by atoms with van der Waals surface area (Å²) in [5.41, 5.74) is -0.207. The van der Waals surface area contributed by atoms with Crippen molar-refractivity contribution in [3.8, 4) is 0 Å². The predicted octanol–water partition coefficient (Wildman–Crippen LogP) is 3.20. The number of carbonyl (C=O) groups is 3. The molecule has 8 heteroatoms. The molecule has 0 bridgehead atoms. The van der Waals surface area contributed by atoms with Crippen LogP contribution >= 0.6 is 15.9 Å². The lowest BCUT2D eigenvalue weighted by atomic mass is 9.78. The van der Waals surface area contributed by atoms with Crippen molar-refractivity contribution >= 4 is 33.8 Å². The number of hydrogen-bond donors (Lipinski definition) is 1. The van der Waals surface area contributed by atoms with E-state index in [1.807, 2.05) is 6.92 Å². The number of ketones is 1. The molecule has 0 saturated carbocycles. The van der Waals surface area contributed by atoms with Gasteiger partial charge in [-0.25, -0.2) is 4.79 Å². The van der Waals surface area contributed by atoms with E-state index in [2.05, 4.69) is 20.7 Å². The number of furan rings is 1. The Morgan fingerprint density at radius 3 is 2.71 bits per heavy atom. The molecule has 0 aromatic carbocycles. The number of rotatable bonds is 3. The van der Waals surface area contributed by atoms with Crippen LogP contribution < -0.4 is 0 Å². The van der Waals surface area contributed by atoms with E-state index in [9.17, 15) is 14.4 Å². The lowest BCUT2D eigenvalue weighted by Crippen LogP contribution is -2.38. The smallest absolute Gasteiger partial charge is 0.460 e. The maximum atomic E-state index is 12.6. The van der Waals surface area contributed by atoms with E-state index < -0.39 is 17.5 Å². The summed E-state index contributed by atoms with van der Waals surface area (Å²) in [6.07, 6.45) is -0.229. The minimum Gasteiger partial charge on any atom is -0.460 e. The van der Waals surface area contributed by atoms with Gasteiger partial charge in [0.25, 0.3) is 0 Å². The highest BCUT2D eigenvalue weighted by atomic mass is 79.9. The molecule has 0 spiro atoms. The first-order valence-electron chi connectivity index (χ1n) is 7.19.